The van der Waals surface area contributed by atoms with E-state index < -0.39 is 5.97 Å². The summed E-state index contributed by atoms with van der Waals surface area (Å²) in [4.78, 5) is 27.5. The first-order chi connectivity index (χ1) is 11.7. The van der Waals surface area contributed by atoms with Gasteiger partial charge in [0, 0.05) is 12.2 Å². The molecule has 0 saturated heterocycles. The highest BCUT2D eigenvalue weighted by Gasteiger charge is 2.23. The van der Waals surface area contributed by atoms with Crippen LogP contribution in [-0.4, -0.2) is 23.0 Å². The van der Waals surface area contributed by atoms with Gasteiger partial charge in [0.2, 0.25) is 0 Å². The van der Waals surface area contributed by atoms with Crippen molar-refractivity contribution in [2.75, 3.05) is 0 Å². The second kappa shape index (κ2) is 7.51. The predicted molar refractivity (Wildman–Crippen MR) is 93.1 cm³/mol. The van der Waals surface area contributed by atoms with Crippen LogP contribution in [0.1, 0.15) is 57.1 Å². The molecule has 2 N–H and O–H groups in total. The molecule has 25 heavy (non-hydrogen) atoms. The monoisotopic (exact) mass is 346 g/mol. The van der Waals surface area contributed by atoms with Gasteiger partial charge in [0.25, 0.3) is 5.91 Å². The Morgan fingerprint density at radius 1 is 1.24 bits per heavy atom. The number of rotatable bonds is 5. The molecule has 1 aromatic heterocycles. The van der Waals surface area contributed by atoms with Crippen LogP contribution in [0.4, 0.5) is 4.39 Å². The molecule has 1 amide bonds. The number of carbonyl (C=O) groups excluding carboxylic acids is 2. The molecule has 0 saturated carbocycles. The third-order valence-electron chi connectivity index (χ3n) is 3.90. The Hall–Kier alpha value is -2.63. The number of esters is 1. The normalized spacial score (nSPS) is 10.8. The van der Waals surface area contributed by atoms with E-state index in [1.807, 2.05) is 0 Å². The third kappa shape index (κ3) is 4.26. The number of halogens is 1. The van der Waals surface area contributed by atoms with Crippen molar-refractivity contribution in [3.63, 3.8) is 0 Å². The number of aryl methyl sites for hydroxylation is 2. The number of aromatic nitrogens is 1. The predicted octanol–water partition coefficient (Wildman–Crippen LogP) is 3.57. The Morgan fingerprint density at radius 2 is 1.92 bits per heavy atom. The van der Waals surface area contributed by atoms with Crippen molar-refractivity contribution >= 4 is 11.9 Å². The van der Waals surface area contributed by atoms with Gasteiger partial charge in [-0.2, -0.15) is 0 Å². The minimum Gasteiger partial charge on any atom is -0.459 e. The van der Waals surface area contributed by atoms with Crippen molar-refractivity contribution in [2.45, 2.75) is 47.3 Å². The van der Waals surface area contributed by atoms with Gasteiger partial charge in [-0.05, 0) is 57.4 Å². The van der Waals surface area contributed by atoms with Crippen LogP contribution in [0.5, 0.6) is 0 Å². The van der Waals surface area contributed by atoms with E-state index in [0.717, 1.165) is 0 Å². The second-order valence-corrected chi connectivity index (χ2v) is 6.35. The molecule has 0 aliphatic heterocycles. The number of ether oxygens (including phenoxy) is 1. The van der Waals surface area contributed by atoms with E-state index in [4.69, 9.17) is 4.74 Å². The standard InChI is InChI=1S/C19H23FN2O3/c1-10(2)25-19(24)16-12(4)17(22-13(16)5)18(23)21-9-14-7-6-11(3)15(20)8-14/h6-8,10,22H,9H2,1-5H3,(H,21,23). The molecule has 0 spiro atoms. The van der Waals surface area contributed by atoms with Crippen LogP contribution in [-0.2, 0) is 11.3 Å². The Balaban J connectivity index is 2.14. The molecule has 134 valence electrons. The van der Waals surface area contributed by atoms with E-state index in [2.05, 4.69) is 10.3 Å². The summed E-state index contributed by atoms with van der Waals surface area (Å²) in [7, 11) is 0. The van der Waals surface area contributed by atoms with Gasteiger partial charge in [-0.25, -0.2) is 9.18 Å². The van der Waals surface area contributed by atoms with Crippen LogP contribution < -0.4 is 5.32 Å². The number of amides is 1. The van der Waals surface area contributed by atoms with Crippen molar-refractivity contribution in [3.05, 3.63) is 57.7 Å². The summed E-state index contributed by atoms with van der Waals surface area (Å²) in [5.41, 5.74) is 3.02. The number of aromatic amines is 1. The highest BCUT2D eigenvalue weighted by molar-refractivity contribution is 6.00. The first-order valence-electron chi connectivity index (χ1n) is 8.14. The molecule has 5 nitrogen and oxygen atoms in total. The van der Waals surface area contributed by atoms with Gasteiger partial charge in [-0.15, -0.1) is 0 Å². The van der Waals surface area contributed by atoms with Crippen molar-refractivity contribution in [3.8, 4) is 0 Å². The molecule has 1 aromatic carbocycles. The number of hydrogen-bond acceptors (Lipinski definition) is 3. The highest BCUT2D eigenvalue weighted by atomic mass is 19.1. The number of H-pyrrole nitrogens is 1. The zero-order valence-electron chi connectivity index (χ0n) is 15.1. The van der Waals surface area contributed by atoms with Crippen LogP contribution >= 0.6 is 0 Å². The molecule has 0 aliphatic carbocycles. The highest BCUT2D eigenvalue weighted by Crippen LogP contribution is 2.20. The third-order valence-corrected chi connectivity index (χ3v) is 3.90. The smallest absolute Gasteiger partial charge is 0.340 e. The minimum atomic E-state index is -0.457. The van der Waals surface area contributed by atoms with Crippen molar-refractivity contribution in [1.29, 1.82) is 0 Å². The topological polar surface area (TPSA) is 71.2 Å². The Labute approximate surface area is 146 Å². The van der Waals surface area contributed by atoms with Gasteiger partial charge in [-0.1, -0.05) is 12.1 Å². The van der Waals surface area contributed by atoms with Crippen LogP contribution in [0.25, 0.3) is 0 Å². The minimum absolute atomic E-state index is 0.194. The summed E-state index contributed by atoms with van der Waals surface area (Å²) in [5, 5.41) is 2.73. The summed E-state index contributed by atoms with van der Waals surface area (Å²) in [6, 6.07) is 4.83. The lowest BCUT2D eigenvalue weighted by molar-refractivity contribution is 0.0376. The van der Waals surface area contributed by atoms with Gasteiger partial charge < -0.3 is 15.0 Å². The Kier molecular flexibility index (Phi) is 5.62. The van der Waals surface area contributed by atoms with Gasteiger partial charge in [0.05, 0.1) is 11.7 Å². The van der Waals surface area contributed by atoms with E-state index in [1.165, 1.54) is 6.07 Å². The largest absolute Gasteiger partial charge is 0.459 e. The molecule has 0 bridgehead atoms. The lowest BCUT2D eigenvalue weighted by Gasteiger charge is -2.08. The fraction of sp³-hybridized carbons (Fsp3) is 0.368. The number of hydrogen-bond donors (Lipinski definition) is 2. The van der Waals surface area contributed by atoms with E-state index in [0.29, 0.717) is 33.6 Å². The van der Waals surface area contributed by atoms with Gasteiger partial charge in [0.15, 0.2) is 0 Å². The van der Waals surface area contributed by atoms with Crippen LogP contribution in [0.3, 0.4) is 0 Å². The van der Waals surface area contributed by atoms with Gasteiger partial charge >= 0.3 is 5.97 Å². The lowest BCUT2D eigenvalue weighted by Crippen LogP contribution is -2.24. The lowest BCUT2D eigenvalue weighted by atomic mass is 10.1. The fourth-order valence-electron chi connectivity index (χ4n) is 2.57. The number of carbonyl (C=O) groups is 2. The van der Waals surface area contributed by atoms with Gasteiger partial charge in [-0.3, -0.25) is 4.79 Å². The molecular formula is C19H23FN2O3. The molecule has 2 aromatic rings. The molecule has 6 heteroatoms. The summed E-state index contributed by atoms with van der Waals surface area (Å²) < 4.78 is 18.8. The summed E-state index contributed by atoms with van der Waals surface area (Å²) in [6.45, 7) is 8.82. The average Bonchev–Trinajstić information content (AvgIpc) is 2.82. The van der Waals surface area contributed by atoms with E-state index >= 15 is 0 Å². The Bertz CT molecular complexity index is 809. The maximum Gasteiger partial charge on any atom is 0.340 e. The molecule has 0 atom stereocenters. The SMILES string of the molecule is Cc1ccc(CNC(=O)c2[nH]c(C)c(C(=O)OC(C)C)c2C)cc1F. The van der Waals surface area contributed by atoms with E-state index in [1.54, 1.807) is 46.8 Å². The van der Waals surface area contributed by atoms with Crippen LogP contribution in [0.2, 0.25) is 0 Å². The average molecular weight is 346 g/mol. The van der Waals surface area contributed by atoms with Crippen molar-refractivity contribution < 1.29 is 18.7 Å². The molecule has 0 fully saturated rings. The van der Waals surface area contributed by atoms with Crippen LogP contribution in [0.15, 0.2) is 18.2 Å². The first-order valence-corrected chi connectivity index (χ1v) is 8.14. The van der Waals surface area contributed by atoms with Gasteiger partial charge in [0.1, 0.15) is 11.5 Å². The van der Waals surface area contributed by atoms with Crippen molar-refractivity contribution in [2.24, 2.45) is 0 Å². The van der Waals surface area contributed by atoms with E-state index in [-0.39, 0.29) is 24.4 Å². The zero-order valence-corrected chi connectivity index (χ0v) is 15.1. The Morgan fingerprint density at radius 3 is 2.52 bits per heavy atom. The zero-order chi connectivity index (χ0) is 18.7. The van der Waals surface area contributed by atoms with Crippen LogP contribution in [0, 0.1) is 26.6 Å². The summed E-state index contributed by atoms with van der Waals surface area (Å²) >= 11 is 0. The second-order valence-electron chi connectivity index (χ2n) is 6.35. The maximum absolute atomic E-state index is 13.6. The molecule has 0 unspecified atom stereocenters. The molecule has 2 rings (SSSR count). The quantitative estimate of drug-likeness (QED) is 0.813. The number of nitrogens with one attached hydrogen (secondary N) is 2. The first kappa shape index (κ1) is 18.7. The van der Waals surface area contributed by atoms with Crippen molar-refractivity contribution in [1.82, 2.24) is 10.3 Å². The summed E-state index contributed by atoms with van der Waals surface area (Å²) in [6.07, 6.45) is -0.241. The van der Waals surface area contributed by atoms with E-state index in [9.17, 15) is 14.0 Å². The molecular weight excluding hydrogens is 323 g/mol. The summed E-state index contributed by atoms with van der Waals surface area (Å²) in [5.74, 6) is -1.12. The molecule has 0 aliphatic rings. The maximum atomic E-state index is 13.6. The molecule has 0 radical (unpaired) electrons. The molecule has 1 heterocycles. The fourth-order valence-corrected chi connectivity index (χ4v) is 2.57. The number of benzene rings is 1.